The predicted molar refractivity (Wildman–Crippen MR) is 96.2 cm³/mol. The van der Waals surface area contributed by atoms with Crippen LogP contribution in [0.1, 0.15) is 21.5 Å². The van der Waals surface area contributed by atoms with Gasteiger partial charge >= 0.3 is 6.09 Å². The van der Waals surface area contributed by atoms with Crippen molar-refractivity contribution >= 4 is 23.5 Å². The number of hydrogen-bond donors (Lipinski definition) is 1. The lowest BCUT2D eigenvalue weighted by Crippen LogP contribution is -2.47. The van der Waals surface area contributed by atoms with Gasteiger partial charge in [-0.25, -0.2) is 4.79 Å². The number of carbonyl (C=O) groups excluding carboxylic acids is 1. The summed E-state index contributed by atoms with van der Waals surface area (Å²) in [6.07, 6.45) is -0.858. The molecule has 0 unspecified atom stereocenters. The predicted octanol–water partition coefficient (Wildman–Crippen LogP) is 3.37. The summed E-state index contributed by atoms with van der Waals surface area (Å²) >= 11 is 5.94. The number of benzene rings is 2. The van der Waals surface area contributed by atoms with Gasteiger partial charge in [-0.3, -0.25) is 9.69 Å². The van der Waals surface area contributed by atoms with Crippen molar-refractivity contribution in [3.63, 3.8) is 0 Å². The van der Waals surface area contributed by atoms with Gasteiger partial charge in [0.05, 0.1) is 0 Å². The Morgan fingerprint density at radius 3 is 2.24 bits per heavy atom. The number of halogens is 1. The fourth-order valence-electron chi connectivity index (χ4n) is 2.91. The van der Waals surface area contributed by atoms with Crippen LogP contribution in [0, 0.1) is 0 Å². The third-order valence-electron chi connectivity index (χ3n) is 4.35. The van der Waals surface area contributed by atoms with Crippen LogP contribution in [0.2, 0.25) is 5.02 Å². The van der Waals surface area contributed by atoms with E-state index in [0.717, 1.165) is 25.2 Å². The molecule has 6 heteroatoms. The quantitative estimate of drug-likeness (QED) is 0.851. The highest BCUT2D eigenvalue weighted by atomic mass is 35.5. The van der Waals surface area contributed by atoms with E-state index in [0.29, 0.717) is 29.2 Å². The van der Waals surface area contributed by atoms with Crippen molar-refractivity contribution in [2.45, 2.75) is 6.54 Å². The first kappa shape index (κ1) is 17.5. The maximum Gasteiger partial charge on any atom is 0.407 e. The van der Waals surface area contributed by atoms with Crippen molar-refractivity contribution in [2.75, 3.05) is 26.2 Å². The van der Waals surface area contributed by atoms with Gasteiger partial charge < -0.3 is 10.0 Å². The van der Waals surface area contributed by atoms with Gasteiger partial charge in [-0.1, -0.05) is 48.0 Å². The number of rotatable bonds is 4. The highest BCUT2D eigenvalue weighted by Gasteiger charge is 2.20. The van der Waals surface area contributed by atoms with Crippen LogP contribution in [0.3, 0.4) is 0 Å². The van der Waals surface area contributed by atoms with E-state index in [1.54, 1.807) is 24.3 Å². The van der Waals surface area contributed by atoms with Gasteiger partial charge in [-0.15, -0.1) is 0 Å². The van der Waals surface area contributed by atoms with Crippen LogP contribution in [0.5, 0.6) is 0 Å². The second-order valence-corrected chi connectivity index (χ2v) is 6.52. The van der Waals surface area contributed by atoms with Crippen molar-refractivity contribution in [2.24, 2.45) is 0 Å². The maximum atomic E-state index is 12.5. The zero-order chi connectivity index (χ0) is 17.8. The van der Waals surface area contributed by atoms with Crippen molar-refractivity contribution < 1.29 is 14.7 Å². The zero-order valence-corrected chi connectivity index (χ0v) is 14.4. The monoisotopic (exact) mass is 358 g/mol. The Kier molecular flexibility index (Phi) is 5.36. The van der Waals surface area contributed by atoms with Crippen LogP contribution in [-0.4, -0.2) is 53.0 Å². The summed E-state index contributed by atoms with van der Waals surface area (Å²) in [6.45, 7) is 3.24. The topological polar surface area (TPSA) is 60.9 Å². The van der Waals surface area contributed by atoms with Gasteiger partial charge in [0.2, 0.25) is 0 Å². The minimum Gasteiger partial charge on any atom is -0.465 e. The number of hydrogen-bond acceptors (Lipinski definition) is 3. The molecule has 0 radical (unpaired) electrons. The fraction of sp³-hybridized carbons (Fsp3) is 0.263. The number of carbonyl (C=O) groups is 2. The highest BCUT2D eigenvalue weighted by molar-refractivity contribution is 6.31. The van der Waals surface area contributed by atoms with Crippen LogP contribution in [0.25, 0.3) is 0 Å². The molecule has 0 atom stereocenters. The molecule has 0 bridgehead atoms. The summed E-state index contributed by atoms with van der Waals surface area (Å²) in [5.41, 5.74) is 2.30. The summed E-state index contributed by atoms with van der Waals surface area (Å²) in [4.78, 5) is 27.0. The number of amides is 1. The Hall–Kier alpha value is -2.37. The van der Waals surface area contributed by atoms with Gasteiger partial charge in [0, 0.05) is 48.9 Å². The zero-order valence-electron chi connectivity index (χ0n) is 13.7. The van der Waals surface area contributed by atoms with E-state index < -0.39 is 6.09 Å². The highest BCUT2D eigenvalue weighted by Crippen LogP contribution is 2.16. The average Bonchev–Trinajstić information content (AvgIpc) is 2.62. The normalized spacial score (nSPS) is 15.2. The molecule has 0 saturated carbocycles. The Labute approximate surface area is 151 Å². The first-order chi connectivity index (χ1) is 12.0. The van der Waals surface area contributed by atoms with E-state index in [1.807, 2.05) is 24.3 Å². The van der Waals surface area contributed by atoms with Crippen molar-refractivity contribution in [1.29, 1.82) is 0 Å². The lowest BCUT2D eigenvalue weighted by molar-refractivity contribution is 0.103. The molecular formula is C19H19ClN2O3. The molecule has 1 amide bonds. The molecule has 0 aromatic heterocycles. The van der Waals surface area contributed by atoms with E-state index in [9.17, 15) is 9.59 Å². The SMILES string of the molecule is O=C(c1ccc(CN2CCN(C(=O)O)CC2)cc1)c1cccc(Cl)c1. The standard InChI is InChI=1S/C19H19ClN2O3/c20-17-3-1-2-16(12-17)18(23)15-6-4-14(5-7-15)13-21-8-10-22(11-9-21)19(24)25/h1-7,12H,8-11,13H2,(H,24,25). The van der Waals surface area contributed by atoms with Crippen LogP contribution in [-0.2, 0) is 6.54 Å². The molecule has 1 saturated heterocycles. The van der Waals surface area contributed by atoms with Gasteiger partial charge in [0.15, 0.2) is 5.78 Å². The molecule has 2 aromatic rings. The molecule has 1 N–H and O–H groups in total. The first-order valence-corrected chi connectivity index (χ1v) is 8.50. The van der Waals surface area contributed by atoms with Crippen molar-refractivity contribution in [3.05, 3.63) is 70.2 Å². The van der Waals surface area contributed by atoms with Crippen molar-refractivity contribution in [1.82, 2.24) is 9.80 Å². The largest absolute Gasteiger partial charge is 0.465 e. The molecule has 2 aromatic carbocycles. The van der Waals surface area contributed by atoms with Gasteiger partial charge in [0.25, 0.3) is 0 Å². The summed E-state index contributed by atoms with van der Waals surface area (Å²) in [6, 6.07) is 14.5. The molecule has 1 fully saturated rings. The Bertz CT molecular complexity index is 768. The van der Waals surface area contributed by atoms with E-state index >= 15 is 0 Å². The van der Waals surface area contributed by atoms with Crippen LogP contribution >= 0.6 is 11.6 Å². The smallest absolute Gasteiger partial charge is 0.407 e. The second-order valence-electron chi connectivity index (χ2n) is 6.08. The number of nitrogens with zero attached hydrogens (tertiary/aromatic N) is 2. The minimum absolute atomic E-state index is 0.0517. The lowest BCUT2D eigenvalue weighted by Gasteiger charge is -2.33. The van der Waals surface area contributed by atoms with Gasteiger partial charge in [-0.2, -0.15) is 0 Å². The Morgan fingerprint density at radius 2 is 1.64 bits per heavy atom. The molecule has 0 aliphatic carbocycles. The van der Waals surface area contributed by atoms with Gasteiger partial charge in [0.1, 0.15) is 0 Å². The van der Waals surface area contributed by atoms with Crippen LogP contribution < -0.4 is 0 Å². The molecule has 3 rings (SSSR count). The number of ketones is 1. The third kappa shape index (κ3) is 4.38. The summed E-state index contributed by atoms with van der Waals surface area (Å²) in [5, 5.41) is 9.52. The van der Waals surface area contributed by atoms with E-state index in [1.165, 1.54) is 4.90 Å². The van der Waals surface area contributed by atoms with Crippen molar-refractivity contribution in [3.8, 4) is 0 Å². The molecule has 0 spiro atoms. The average molecular weight is 359 g/mol. The maximum absolute atomic E-state index is 12.5. The molecule has 1 aliphatic heterocycles. The summed E-state index contributed by atoms with van der Waals surface area (Å²) in [7, 11) is 0. The lowest BCUT2D eigenvalue weighted by atomic mass is 10.0. The Balaban J connectivity index is 1.61. The molecule has 5 nitrogen and oxygen atoms in total. The number of carboxylic acid groups (broad SMARTS) is 1. The molecule has 25 heavy (non-hydrogen) atoms. The van der Waals surface area contributed by atoms with E-state index in [-0.39, 0.29) is 5.78 Å². The van der Waals surface area contributed by atoms with E-state index in [4.69, 9.17) is 16.7 Å². The summed E-state index contributed by atoms with van der Waals surface area (Å²) < 4.78 is 0. The fourth-order valence-corrected chi connectivity index (χ4v) is 3.10. The van der Waals surface area contributed by atoms with Crippen LogP contribution in [0.15, 0.2) is 48.5 Å². The molecule has 1 aliphatic rings. The van der Waals surface area contributed by atoms with Gasteiger partial charge in [-0.05, 0) is 17.7 Å². The van der Waals surface area contributed by atoms with E-state index in [2.05, 4.69) is 4.90 Å². The molecular weight excluding hydrogens is 340 g/mol. The minimum atomic E-state index is -0.858. The molecule has 1 heterocycles. The Morgan fingerprint density at radius 1 is 0.960 bits per heavy atom. The molecule has 130 valence electrons. The van der Waals surface area contributed by atoms with Crippen LogP contribution in [0.4, 0.5) is 4.79 Å². The number of piperazine rings is 1. The first-order valence-electron chi connectivity index (χ1n) is 8.12. The summed E-state index contributed by atoms with van der Waals surface area (Å²) in [5.74, 6) is -0.0517. The second kappa shape index (κ2) is 7.68. The third-order valence-corrected chi connectivity index (χ3v) is 4.59.